The fourth-order valence-corrected chi connectivity index (χ4v) is 4.21. The van der Waals surface area contributed by atoms with Crippen molar-refractivity contribution in [2.75, 3.05) is 32.8 Å². The number of nitrogens with zero attached hydrogens (tertiary/aromatic N) is 3. The molecule has 1 amide bonds. The molecule has 2 fully saturated rings. The standard InChI is InChI=1S/C17H21N3O3S/c1-12-6-15(18-23-12)9-19-7-14-8-20(3-4-22-16(14)10-19)17(21)13-2-5-24-11-13/h2,5-6,11,14,16H,3-4,7-10H2,1H3/t14-,16+/m0/s1. The summed E-state index contributed by atoms with van der Waals surface area (Å²) in [5.41, 5.74) is 1.74. The van der Waals surface area contributed by atoms with Crippen molar-refractivity contribution in [2.45, 2.75) is 19.6 Å². The van der Waals surface area contributed by atoms with Gasteiger partial charge in [-0.3, -0.25) is 9.69 Å². The summed E-state index contributed by atoms with van der Waals surface area (Å²) in [4.78, 5) is 16.9. The molecule has 0 spiro atoms. The molecule has 2 aromatic rings. The normalized spacial score (nSPS) is 24.8. The number of aryl methyl sites for hydroxylation is 1. The van der Waals surface area contributed by atoms with Crippen LogP contribution in [-0.2, 0) is 11.3 Å². The number of hydrogen-bond donors (Lipinski definition) is 0. The molecule has 0 unspecified atom stereocenters. The lowest BCUT2D eigenvalue weighted by atomic mass is 10.1. The minimum absolute atomic E-state index is 0.117. The predicted octanol–water partition coefficient (Wildman–Crippen LogP) is 2.02. The van der Waals surface area contributed by atoms with Gasteiger partial charge < -0.3 is 14.2 Å². The van der Waals surface area contributed by atoms with Crippen LogP contribution in [0.5, 0.6) is 0 Å². The topological polar surface area (TPSA) is 58.8 Å². The number of aromatic nitrogens is 1. The van der Waals surface area contributed by atoms with Crippen LogP contribution in [0, 0.1) is 12.8 Å². The Hall–Kier alpha value is -1.70. The van der Waals surface area contributed by atoms with Gasteiger partial charge in [-0.15, -0.1) is 0 Å². The number of hydrogen-bond acceptors (Lipinski definition) is 6. The summed E-state index contributed by atoms with van der Waals surface area (Å²) in [6.45, 7) is 6.51. The van der Waals surface area contributed by atoms with Crippen LogP contribution in [0.4, 0.5) is 0 Å². The van der Waals surface area contributed by atoms with Crippen LogP contribution < -0.4 is 0 Å². The van der Waals surface area contributed by atoms with Crippen molar-refractivity contribution in [2.24, 2.45) is 5.92 Å². The van der Waals surface area contributed by atoms with E-state index in [0.717, 1.165) is 43.2 Å². The molecule has 4 rings (SSSR count). The van der Waals surface area contributed by atoms with Crippen LogP contribution in [0.25, 0.3) is 0 Å². The molecule has 24 heavy (non-hydrogen) atoms. The maximum absolute atomic E-state index is 12.6. The van der Waals surface area contributed by atoms with Gasteiger partial charge >= 0.3 is 0 Å². The zero-order valence-corrected chi connectivity index (χ0v) is 14.5. The van der Waals surface area contributed by atoms with E-state index in [-0.39, 0.29) is 12.0 Å². The van der Waals surface area contributed by atoms with Crippen LogP contribution in [0.15, 0.2) is 27.4 Å². The van der Waals surface area contributed by atoms with Crippen molar-refractivity contribution in [1.29, 1.82) is 0 Å². The molecule has 7 heteroatoms. The van der Waals surface area contributed by atoms with Gasteiger partial charge in [0.2, 0.25) is 0 Å². The second kappa shape index (κ2) is 6.66. The largest absolute Gasteiger partial charge is 0.375 e. The Morgan fingerprint density at radius 1 is 1.42 bits per heavy atom. The highest BCUT2D eigenvalue weighted by atomic mass is 32.1. The van der Waals surface area contributed by atoms with E-state index in [9.17, 15) is 4.79 Å². The van der Waals surface area contributed by atoms with Crippen LogP contribution >= 0.6 is 11.3 Å². The van der Waals surface area contributed by atoms with Crippen molar-refractivity contribution in [1.82, 2.24) is 15.0 Å². The third kappa shape index (κ3) is 3.24. The van der Waals surface area contributed by atoms with Crippen molar-refractivity contribution in [3.05, 3.63) is 39.9 Å². The first-order valence-electron chi connectivity index (χ1n) is 8.26. The maximum atomic E-state index is 12.6. The van der Waals surface area contributed by atoms with Gasteiger partial charge in [-0.1, -0.05) is 5.16 Å². The summed E-state index contributed by atoms with van der Waals surface area (Å²) in [6.07, 6.45) is 0.193. The molecule has 0 saturated carbocycles. The molecular weight excluding hydrogens is 326 g/mol. The number of carbonyl (C=O) groups excluding carboxylic acids is 1. The first-order valence-corrected chi connectivity index (χ1v) is 9.21. The smallest absolute Gasteiger partial charge is 0.254 e. The predicted molar refractivity (Wildman–Crippen MR) is 90.0 cm³/mol. The van der Waals surface area contributed by atoms with Crippen molar-refractivity contribution in [3.8, 4) is 0 Å². The number of likely N-dealkylation sites (tertiary alicyclic amines) is 1. The van der Waals surface area contributed by atoms with E-state index in [1.54, 1.807) is 11.3 Å². The highest BCUT2D eigenvalue weighted by Gasteiger charge is 2.37. The third-order valence-electron chi connectivity index (χ3n) is 4.72. The van der Waals surface area contributed by atoms with E-state index in [1.165, 1.54) is 0 Å². The van der Waals surface area contributed by atoms with Crippen molar-refractivity contribution >= 4 is 17.2 Å². The van der Waals surface area contributed by atoms with Crippen LogP contribution in [-0.4, -0.2) is 59.8 Å². The maximum Gasteiger partial charge on any atom is 0.254 e. The zero-order valence-electron chi connectivity index (χ0n) is 13.7. The number of carbonyl (C=O) groups is 1. The molecule has 0 radical (unpaired) electrons. The van der Waals surface area contributed by atoms with Gasteiger partial charge in [0.05, 0.1) is 24.0 Å². The van der Waals surface area contributed by atoms with Crippen molar-refractivity contribution < 1.29 is 14.1 Å². The highest BCUT2D eigenvalue weighted by molar-refractivity contribution is 7.08. The number of rotatable bonds is 3. The molecule has 2 aliphatic rings. The summed E-state index contributed by atoms with van der Waals surface area (Å²) in [7, 11) is 0. The number of amides is 1. The average molecular weight is 347 g/mol. The summed E-state index contributed by atoms with van der Waals surface area (Å²) in [5, 5.41) is 7.93. The van der Waals surface area contributed by atoms with Crippen LogP contribution in [0.2, 0.25) is 0 Å². The lowest BCUT2D eigenvalue weighted by Gasteiger charge is -2.23. The summed E-state index contributed by atoms with van der Waals surface area (Å²) in [5.74, 6) is 1.30. The molecule has 2 saturated heterocycles. The van der Waals surface area contributed by atoms with E-state index in [0.29, 0.717) is 19.1 Å². The monoisotopic (exact) mass is 347 g/mol. The second-order valence-electron chi connectivity index (χ2n) is 6.56. The molecule has 0 N–H and O–H groups in total. The molecule has 6 nitrogen and oxygen atoms in total. The molecule has 2 aliphatic heterocycles. The highest BCUT2D eigenvalue weighted by Crippen LogP contribution is 2.26. The van der Waals surface area contributed by atoms with Gasteiger partial charge in [-0.25, -0.2) is 0 Å². The molecule has 128 valence electrons. The molecule has 4 heterocycles. The van der Waals surface area contributed by atoms with E-state index < -0.39 is 0 Å². The van der Waals surface area contributed by atoms with Gasteiger partial charge in [-0.2, -0.15) is 11.3 Å². The fraction of sp³-hybridized carbons (Fsp3) is 0.529. The Morgan fingerprint density at radius 2 is 2.33 bits per heavy atom. The van der Waals surface area contributed by atoms with Crippen LogP contribution in [0.3, 0.4) is 0 Å². The molecule has 2 atom stereocenters. The Balaban J connectivity index is 1.40. The van der Waals surface area contributed by atoms with Gasteiger partial charge in [-0.05, 0) is 18.4 Å². The molecule has 0 aromatic carbocycles. The number of fused-ring (bicyclic) bond motifs is 1. The van der Waals surface area contributed by atoms with Crippen LogP contribution in [0.1, 0.15) is 21.8 Å². The van der Waals surface area contributed by atoms with Gasteiger partial charge in [0.1, 0.15) is 5.76 Å². The van der Waals surface area contributed by atoms with Gasteiger partial charge in [0.15, 0.2) is 0 Å². The summed E-state index contributed by atoms with van der Waals surface area (Å²) >= 11 is 1.56. The van der Waals surface area contributed by atoms with E-state index >= 15 is 0 Å². The summed E-state index contributed by atoms with van der Waals surface area (Å²) in [6, 6.07) is 3.87. The SMILES string of the molecule is Cc1cc(CN2C[C@H]3CN(C(=O)c4ccsc4)CCO[C@@H]3C2)no1. The first-order chi connectivity index (χ1) is 11.7. The van der Waals surface area contributed by atoms with Gasteiger partial charge in [0, 0.05) is 50.1 Å². The quantitative estimate of drug-likeness (QED) is 0.850. The Morgan fingerprint density at radius 3 is 3.08 bits per heavy atom. The fourth-order valence-electron chi connectivity index (χ4n) is 3.58. The molecule has 0 bridgehead atoms. The second-order valence-corrected chi connectivity index (χ2v) is 7.34. The first kappa shape index (κ1) is 15.8. The zero-order chi connectivity index (χ0) is 16.5. The molecule has 2 aromatic heterocycles. The lowest BCUT2D eigenvalue weighted by molar-refractivity contribution is 0.0500. The van der Waals surface area contributed by atoms with Crippen molar-refractivity contribution in [3.63, 3.8) is 0 Å². The summed E-state index contributed by atoms with van der Waals surface area (Å²) < 4.78 is 11.2. The minimum Gasteiger partial charge on any atom is -0.375 e. The molecular formula is C17H21N3O3S. The van der Waals surface area contributed by atoms with E-state index in [1.807, 2.05) is 34.7 Å². The van der Waals surface area contributed by atoms with E-state index in [4.69, 9.17) is 9.26 Å². The van der Waals surface area contributed by atoms with Gasteiger partial charge in [0.25, 0.3) is 5.91 Å². The van der Waals surface area contributed by atoms with E-state index in [2.05, 4.69) is 10.1 Å². The Bertz CT molecular complexity index is 700. The average Bonchev–Trinajstić information content (AvgIpc) is 3.27. The Kier molecular flexibility index (Phi) is 4.39. The lowest BCUT2D eigenvalue weighted by Crippen LogP contribution is -2.37. The Labute approximate surface area is 145 Å². The number of ether oxygens (including phenoxy) is 1. The molecule has 0 aliphatic carbocycles. The minimum atomic E-state index is 0.117. The third-order valence-corrected chi connectivity index (χ3v) is 5.41. The number of thiophene rings is 1.